The molecule has 1 aliphatic carbocycles. The molecule has 0 spiro atoms. The lowest BCUT2D eigenvalue weighted by Gasteiger charge is -2.07. The summed E-state index contributed by atoms with van der Waals surface area (Å²) in [6, 6.07) is 10.2. The van der Waals surface area contributed by atoms with Gasteiger partial charge in [0.05, 0.1) is 12.3 Å². The SMILES string of the molecule is CCCOc1ccc(-c2cc(CNC3CC3)c(=O)[nH]n2)cc1. The summed E-state index contributed by atoms with van der Waals surface area (Å²) in [5.74, 6) is 0.852. The Kier molecular flexibility index (Phi) is 4.53. The first-order chi connectivity index (χ1) is 10.8. The van der Waals surface area contributed by atoms with Gasteiger partial charge in [-0.3, -0.25) is 4.79 Å². The van der Waals surface area contributed by atoms with E-state index in [2.05, 4.69) is 22.4 Å². The Hall–Kier alpha value is -2.14. The van der Waals surface area contributed by atoms with E-state index in [0.29, 0.717) is 19.2 Å². The molecule has 1 aromatic heterocycles. The molecule has 1 heterocycles. The Labute approximate surface area is 129 Å². The van der Waals surface area contributed by atoms with Crippen molar-refractivity contribution in [1.82, 2.24) is 15.5 Å². The van der Waals surface area contributed by atoms with Gasteiger partial charge in [0.2, 0.25) is 0 Å². The Bertz CT molecular complexity index is 675. The van der Waals surface area contributed by atoms with Crippen LogP contribution in [0.4, 0.5) is 0 Å². The summed E-state index contributed by atoms with van der Waals surface area (Å²) in [4.78, 5) is 11.8. The predicted octanol–water partition coefficient (Wildman–Crippen LogP) is 2.48. The molecule has 1 fully saturated rings. The van der Waals surface area contributed by atoms with Crippen molar-refractivity contribution in [2.24, 2.45) is 0 Å². The van der Waals surface area contributed by atoms with E-state index in [1.807, 2.05) is 30.3 Å². The summed E-state index contributed by atoms with van der Waals surface area (Å²) in [6.07, 6.45) is 3.39. The highest BCUT2D eigenvalue weighted by atomic mass is 16.5. The minimum atomic E-state index is -0.125. The smallest absolute Gasteiger partial charge is 0.268 e. The predicted molar refractivity (Wildman–Crippen MR) is 85.9 cm³/mol. The van der Waals surface area contributed by atoms with E-state index in [1.165, 1.54) is 12.8 Å². The fraction of sp³-hybridized carbons (Fsp3) is 0.412. The third-order valence-corrected chi connectivity index (χ3v) is 3.66. The van der Waals surface area contributed by atoms with Crippen LogP contribution in [0.25, 0.3) is 11.3 Å². The van der Waals surface area contributed by atoms with Crippen molar-refractivity contribution in [3.63, 3.8) is 0 Å². The molecule has 22 heavy (non-hydrogen) atoms. The van der Waals surface area contributed by atoms with E-state index in [9.17, 15) is 4.79 Å². The van der Waals surface area contributed by atoms with E-state index in [0.717, 1.165) is 29.0 Å². The molecular weight excluding hydrogens is 278 g/mol. The lowest BCUT2D eigenvalue weighted by Crippen LogP contribution is -2.23. The maximum atomic E-state index is 11.8. The lowest BCUT2D eigenvalue weighted by atomic mass is 10.1. The standard InChI is InChI=1S/C17H21N3O2/c1-2-9-22-15-7-3-12(4-8-15)16-10-13(17(21)20-19-16)11-18-14-5-6-14/h3-4,7-8,10,14,18H,2,5-6,9,11H2,1H3,(H,20,21). The van der Waals surface area contributed by atoms with Crippen LogP contribution in [0.3, 0.4) is 0 Å². The quantitative estimate of drug-likeness (QED) is 0.824. The number of benzene rings is 1. The van der Waals surface area contributed by atoms with E-state index in [4.69, 9.17) is 4.74 Å². The minimum absolute atomic E-state index is 0.125. The van der Waals surface area contributed by atoms with Crippen LogP contribution >= 0.6 is 0 Å². The zero-order chi connectivity index (χ0) is 15.4. The molecule has 1 aromatic carbocycles. The van der Waals surface area contributed by atoms with Gasteiger partial charge in [0.1, 0.15) is 5.75 Å². The van der Waals surface area contributed by atoms with E-state index >= 15 is 0 Å². The number of aromatic amines is 1. The van der Waals surface area contributed by atoms with Crippen molar-refractivity contribution in [3.8, 4) is 17.0 Å². The van der Waals surface area contributed by atoms with Crippen LogP contribution in [0.15, 0.2) is 35.1 Å². The fourth-order valence-corrected chi connectivity index (χ4v) is 2.21. The molecule has 0 aliphatic heterocycles. The van der Waals surface area contributed by atoms with Gasteiger partial charge in [0.25, 0.3) is 5.56 Å². The number of rotatable bonds is 7. The van der Waals surface area contributed by atoms with Crippen LogP contribution in [0.2, 0.25) is 0 Å². The van der Waals surface area contributed by atoms with Crippen molar-refractivity contribution in [2.45, 2.75) is 38.8 Å². The highest BCUT2D eigenvalue weighted by Gasteiger charge is 2.20. The first-order valence-corrected chi connectivity index (χ1v) is 7.81. The molecule has 116 valence electrons. The third-order valence-electron chi connectivity index (χ3n) is 3.66. The lowest BCUT2D eigenvalue weighted by molar-refractivity contribution is 0.317. The maximum Gasteiger partial charge on any atom is 0.268 e. The Morgan fingerprint density at radius 1 is 1.32 bits per heavy atom. The Balaban J connectivity index is 1.75. The average molecular weight is 299 g/mol. The third kappa shape index (κ3) is 3.74. The zero-order valence-electron chi connectivity index (χ0n) is 12.8. The summed E-state index contributed by atoms with van der Waals surface area (Å²) < 4.78 is 5.57. The number of nitrogens with one attached hydrogen (secondary N) is 2. The summed E-state index contributed by atoms with van der Waals surface area (Å²) >= 11 is 0. The van der Waals surface area contributed by atoms with E-state index < -0.39 is 0 Å². The molecule has 0 amide bonds. The molecule has 0 radical (unpaired) electrons. The van der Waals surface area contributed by atoms with Gasteiger partial charge in [0, 0.05) is 23.7 Å². The highest BCUT2D eigenvalue weighted by molar-refractivity contribution is 5.60. The van der Waals surface area contributed by atoms with Gasteiger partial charge >= 0.3 is 0 Å². The topological polar surface area (TPSA) is 67.0 Å². The number of aromatic nitrogens is 2. The molecule has 0 atom stereocenters. The number of hydrogen-bond acceptors (Lipinski definition) is 4. The molecule has 5 nitrogen and oxygen atoms in total. The first-order valence-electron chi connectivity index (χ1n) is 7.81. The molecule has 2 N–H and O–H groups in total. The zero-order valence-corrected chi connectivity index (χ0v) is 12.8. The molecule has 0 bridgehead atoms. The van der Waals surface area contributed by atoms with Gasteiger partial charge in [-0.05, 0) is 49.6 Å². The molecule has 3 rings (SSSR count). The van der Waals surface area contributed by atoms with Gasteiger partial charge in [-0.25, -0.2) is 5.10 Å². The molecule has 1 saturated carbocycles. The molecule has 2 aromatic rings. The number of nitrogens with zero attached hydrogens (tertiary/aromatic N) is 1. The highest BCUT2D eigenvalue weighted by Crippen LogP contribution is 2.21. The van der Waals surface area contributed by atoms with Gasteiger partial charge in [-0.1, -0.05) is 6.92 Å². The van der Waals surface area contributed by atoms with E-state index in [1.54, 1.807) is 0 Å². The van der Waals surface area contributed by atoms with Crippen LogP contribution in [0.5, 0.6) is 5.75 Å². The second kappa shape index (κ2) is 6.75. The Morgan fingerprint density at radius 3 is 2.77 bits per heavy atom. The number of H-pyrrole nitrogens is 1. The van der Waals surface area contributed by atoms with Crippen molar-refractivity contribution in [3.05, 3.63) is 46.2 Å². The fourth-order valence-electron chi connectivity index (χ4n) is 2.21. The second-order valence-electron chi connectivity index (χ2n) is 5.64. The first kappa shape index (κ1) is 14.8. The summed E-state index contributed by atoms with van der Waals surface area (Å²) in [5, 5.41) is 10.1. The molecule has 5 heteroatoms. The van der Waals surface area contributed by atoms with Gasteiger partial charge in [-0.15, -0.1) is 0 Å². The van der Waals surface area contributed by atoms with Crippen molar-refractivity contribution < 1.29 is 4.74 Å². The van der Waals surface area contributed by atoms with Crippen molar-refractivity contribution in [2.75, 3.05) is 6.61 Å². The average Bonchev–Trinajstić information content (AvgIpc) is 3.37. The van der Waals surface area contributed by atoms with Crippen molar-refractivity contribution in [1.29, 1.82) is 0 Å². The monoisotopic (exact) mass is 299 g/mol. The van der Waals surface area contributed by atoms with E-state index in [-0.39, 0.29) is 5.56 Å². The number of ether oxygens (including phenoxy) is 1. The molecule has 1 aliphatic rings. The summed E-state index contributed by atoms with van der Waals surface area (Å²) in [7, 11) is 0. The van der Waals surface area contributed by atoms with Crippen LogP contribution < -0.4 is 15.6 Å². The Morgan fingerprint density at radius 2 is 2.09 bits per heavy atom. The minimum Gasteiger partial charge on any atom is -0.494 e. The van der Waals surface area contributed by atoms with Crippen LogP contribution in [-0.4, -0.2) is 22.8 Å². The van der Waals surface area contributed by atoms with Crippen LogP contribution in [0.1, 0.15) is 31.7 Å². The largest absolute Gasteiger partial charge is 0.494 e. The number of hydrogen-bond donors (Lipinski definition) is 2. The van der Waals surface area contributed by atoms with Crippen molar-refractivity contribution >= 4 is 0 Å². The maximum absolute atomic E-state index is 11.8. The molecule has 0 saturated heterocycles. The van der Waals surface area contributed by atoms with Gasteiger partial charge < -0.3 is 10.1 Å². The van der Waals surface area contributed by atoms with Crippen LogP contribution in [0, 0.1) is 0 Å². The van der Waals surface area contributed by atoms with Gasteiger partial charge in [0.15, 0.2) is 0 Å². The molecule has 0 unspecified atom stereocenters. The van der Waals surface area contributed by atoms with Gasteiger partial charge in [-0.2, -0.15) is 5.10 Å². The summed E-state index contributed by atoms with van der Waals surface area (Å²) in [6.45, 7) is 3.39. The summed E-state index contributed by atoms with van der Waals surface area (Å²) in [5.41, 5.74) is 2.34. The second-order valence-corrected chi connectivity index (χ2v) is 5.64. The molecular formula is C17H21N3O2. The van der Waals surface area contributed by atoms with Crippen LogP contribution in [-0.2, 0) is 6.54 Å². The normalized spacial score (nSPS) is 14.0.